The predicted octanol–water partition coefficient (Wildman–Crippen LogP) is 6.09. The molecule has 3 aromatic rings. The van der Waals surface area contributed by atoms with E-state index in [0.717, 1.165) is 51.7 Å². The maximum atomic E-state index is 13.6. The minimum Gasteiger partial charge on any atom is -0.467 e. The van der Waals surface area contributed by atoms with Crippen molar-refractivity contribution in [3.63, 3.8) is 0 Å². The van der Waals surface area contributed by atoms with E-state index < -0.39 is 29.6 Å². The van der Waals surface area contributed by atoms with Crippen molar-refractivity contribution in [2.24, 2.45) is 0 Å². The fourth-order valence-electron chi connectivity index (χ4n) is 5.27. The Bertz CT molecular complexity index is 1390. The zero-order chi connectivity index (χ0) is 29.8. The number of alkyl halides is 2. The summed E-state index contributed by atoms with van der Waals surface area (Å²) in [5.74, 6) is -3.11. The van der Waals surface area contributed by atoms with Gasteiger partial charge in [-0.05, 0) is 67.6 Å². The van der Waals surface area contributed by atoms with Crippen LogP contribution in [0, 0.1) is 6.92 Å². The van der Waals surface area contributed by atoms with Gasteiger partial charge in [0, 0.05) is 50.7 Å². The number of carbonyl (C=O) groups is 2. The molecule has 2 aromatic carbocycles. The van der Waals surface area contributed by atoms with Crippen molar-refractivity contribution < 1.29 is 27.8 Å². The molecular weight excluding hydrogens is 528 g/mol. The van der Waals surface area contributed by atoms with Crippen LogP contribution in [0.5, 0.6) is 0 Å². The number of carbonyl (C=O) groups excluding carboxylic acids is 2. The normalized spacial score (nSPS) is 16.3. The van der Waals surface area contributed by atoms with E-state index in [0.29, 0.717) is 13.1 Å². The second kappa shape index (κ2) is 12.5. The number of halogens is 2. The molecule has 4 rings (SSSR count). The second-order valence-corrected chi connectivity index (χ2v) is 11.6. The van der Waals surface area contributed by atoms with Crippen LogP contribution in [0.1, 0.15) is 50.3 Å². The molecule has 0 unspecified atom stereocenters. The molecule has 0 radical (unpaired) electrons. The fraction of sp³-hybridized carbons (Fsp3) is 0.469. The highest BCUT2D eigenvalue weighted by Gasteiger charge is 2.33. The molecule has 9 heteroatoms. The number of nitrogens with one attached hydrogen (secondary N) is 1. The van der Waals surface area contributed by atoms with E-state index in [2.05, 4.69) is 10.2 Å². The molecule has 0 aliphatic carbocycles. The van der Waals surface area contributed by atoms with Crippen molar-refractivity contribution in [3.05, 3.63) is 65.4 Å². The lowest BCUT2D eigenvalue weighted by atomic mass is 9.92. The Labute approximate surface area is 240 Å². The third-order valence-electron chi connectivity index (χ3n) is 7.47. The smallest absolute Gasteiger partial charge is 0.408 e. The molecule has 0 spiro atoms. The number of alkyl carbamates (subject to hydrolysis) is 1. The van der Waals surface area contributed by atoms with Crippen LogP contribution in [0.4, 0.5) is 13.6 Å². The van der Waals surface area contributed by atoms with Gasteiger partial charge in [-0.1, -0.05) is 36.4 Å². The summed E-state index contributed by atoms with van der Waals surface area (Å²) in [6.07, 6.45) is 1.90. The van der Waals surface area contributed by atoms with E-state index in [-0.39, 0.29) is 19.3 Å². The third-order valence-corrected chi connectivity index (χ3v) is 7.47. The predicted molar refractivity (Wildman–Crippen MR) is 155 cm³/mol. The largest absolute Gasteiger partial charge is 0.467 e. The van der Waals surface area contributed by atoms with Crippen LogP contribution in [0.25, 0.3) is 22.0 Å². The molecule has 1 atom stereocenters. The highest BCUT2D eigenvalue weighted by Crippen LogP contribution is 2.33. The van der Waals surface area contributed by atoms with Gasteiger partial charge in [-0.3, -0.25) is 4.98 Å². The van der Waals surface area contributed by atoms with Crippen LogP contribution in [0.3, 0.4) is 0 Å². The number of nitrogens with zero attached hydrogens (tertiary/aromatic N) is 2. The number of pyridine rings is 1. The van der Waals surface area contributed by atoms with Crippen LogP contribution in [-0.2, 0) is 27.1 Å². The van der Waals surface area contributed by atoms with Crippen LogP contribution < -0.4 is 5.32 Å². The Kier molecular flexibility index (Phi) is 9.27. The molecule has 2 heterocycles. The highest BCUT2D eigenvalue weighted by molar-refractivity contribution is 5.98. The van der Waals surface area contributed by atoms with Gasteiger partial charge in [0.15, 0.2) is 0 Å². The van der Waals surface area contributed by atoms with Gasteiger partial charge in [-0.25, -0.2) is 18.4 Å². The Morgan fingerprint density at radius 3 is 2.41 bits per heavy atom. The number of esters is 1. The first-order chi connectivity index (χ1) is 19.4. The molecule has 0 saturated carbocycles. The topological polar surface area (TPSA) is 80.8 Å². The first-order valence-corrected chi connectivity index (χ1v) is 14.0. The van der Waals surface area contributed by atoms with E-state index >= 15 is 0 Å². The first-order valence-electron chi connectivity index (χ1n) is 14.0. The first kappa shape index (κ1) is 30.4. The average Bonchev–Trinajstić information content (AvgIpc) is 2.91. The minimum absolute atomic E-state index is 0.0873. The second-order valence-electron chi connectivity index (χ2n) is 11.6. The SMILES string of the molecule is COC(=O)[C@H](Cc1cccc2c(-c3nccc(CCN4CCC(F)(F)CC4)c3C)cccc12)NC(=O)OC(C)(C)C. The van der Waals surface area contributed by atoms with Gasteiger partial charge < -0.3 is 19.7 Å². The van der Waals surface area contributed by atoms with Crippen LogP contribution >= 0.6 is 0 Å². The Balaban J connectivity index is 1.59. The fourth-order valence-corrected chi connectivity index (χ4v) is 5.27. The van der Waals surface area contributed by atoms with Gasteiger partial charge >= 0.3 is 12.1 Å². The van der Waals surface area contributed by atoms with Gasteiger partial charge in [-0.15, -0.1) is 0 Å². The number of aromatic nitrogens is 1. The molecule has 0 bridgehead atoms. The number of amides is 1. The molecule has 1 N–H and O–H groups in total. The Morgan fingerprint density at radius 1 is 1.05 bits per heavy atom. The molecule has 1 aromatic heterocycles. The molecule has 1 aliphatic heterocycles. The average molecular weight is 568 g/mol. The Hall–Kier alpha value is -3.59. The highest BCUT2D eigenvalue weighted by atomic mass is 19.3. The number of benzene rings is 2. The zero-order valence-corrected chi connectivity index (χ0v) is 24.4. The molecule has 220 valence electrons. The van der Waals surface area contributed by atoms with Gasteiger partial charge in [0.2, 0.25) is 0 Å². The van der Waals surface area contributed by atoms with Gasteiger partial charge in [0.1, 0.15) is 11.6 Å². The number of hydrogen-bond donors (Lipinski definition) is 1. The van der Waals surface area contributed by atoms with Crippen molar-refractivity contribution in [2.75, 3.05) is 26.7 Å². The van der Waals surface area contributed by atoms with Crippen molar-refractivity contribution in [1.82, 2.24) is 15.2 Å². The summed E-state index contributed by atoms with van der Waals surface area (Å²) in [7, 11) is 1.29. The lowest BCUT2D eigenvalue weighted by Crippen LogP contribution is -2.45. The number of ether oxygens (including phenoxy) is 2. The summed E-state index contributed by atoms with van der Waals surface area (Å²) < 4.78 is 37.4. The lowest BCUT2D eigenvalue weighted by molar-refractivity contribution is -0.143. The minimum atomic E-state index is -2.55. The van der Waals surface area contributed by atoms with E-state index in [1.54, 1.807) is 27.0 Å². The van der Waals surface area contributed by atoms with Gasteiger partial charge in [0.05, 0.1) is 12.8 Å². The van der Waals surface area contributed by atoms with E-state index in [9.17, 15) is 18.4 Å². The lowest BCUT2D eigenvalue weighted by Gasteiger charge is -2.31. The van der Waals surface area contributed by atoms with E-state index in [4.69, 9.17) is 14.5 Å². The van der Waals surface area contributed by atoms with Gasteiger partial charge in [-0.2, -0.15) is 0 Å². The molecule has 41 heavy (non-hydrogen) atoms. The van der Waals surface area contributed by atoms with Gasteiger partial charge in [0.25, 0.3) is 5.92 Å². The molecule has 1 saturated heterocycles. The number of hydrogen-bond acceptors (Lipinski definition) is 6. The van der Waals surface area contributed by atoms with Crippen LogP contribution in [0.2, 0.25) is 0 Å². The number of methoxy groups -OCH3 is 1. The molecule has 1 amide bonds. The third kappa shape index (κ3) is 7.79. The molecular formula is C32H39F2N3O4. The number of likely N-dealkylation sites (tertiary alicyclic amines) is 1. The number of piperidine rings is 1. The van der Waals surface area contributed by atoms with Crippen molar-refractivity contribution in [3.8, 4) is 11.3 Å². The quantitative estimate of drug-likeness (QED) is 0.332. The maximum Gasteiger partial charge on any atom is 0.408 e. The summed E-state index contributed by atoms with van der Waals surface area (Å²) in [5.41, 5.74) is 4.15. The van der Waals surface area contributed by atoms with Crippen LogP contribution in [0.15, 0.2) is 48.7 Å². The standard InChI is InChI=1S/C32H39F2N3O4/c1-21-22(13-17-37-18-14-32(33,34)15-19-37)12-16-35-28(21)26-11-7-9-24-23(8-6-10-25(24)26)20-27(29(38)40-5)36-30(39)41-31(2,3)4/h6-12,16,27H,13-15,17-20H2,1-5H3,(H,36,39)/t27-/m0/s1. The van der Waals surface area contributed by atoms with Crippen molar-refractivity contribution >= 4 is 22.8 Å². The summed E-state index contributed by atoms with van der Waals surface area (Å²) in [5, 5.41) is 4.56. The molecule has 1 aliphatic rings. The molecule has 7 nitrogen and oxygen atoms in total. The summed E-state index contributed by atoms with van der Waals surface area (Å²) in [6, 6.07) is 12.9. The number of fused-ring (bicyclic) bond motifs is 1. The van der Waals surface area contributed by atoms with Crippen molar-refractivity contribution in [1.29, 1.82) is 0 Å². The zero-order valence-electron chi connectivity index (χ0n) is 24.4. The summed E-state index contributed by atoms with van der Waals surface area (Å²) >= 11 is 0. The monoisotopic (exact) mass is 567 g/mol. The van der Waals surface area contributed by atoms with Crippen molar-refractivity contribution in [2.45, 2.75) is 70.9 Å². The Morgan fingerprint density at radius 2 is 1.73 bits per heavy atom. The maximum absolute atomic E-state index is 13.6. The van der Waals surface area contributed by atoms with E-state index in [1.165, 1.54) is 7.11 Å². The number of rotatable bonds is 8. The summed E-state index contributed by atoms with van der Waals surface area (Å²) in [6.45, 7) is 8.85. The van der Waals surface area contributed by atoms with Crippen LogP contribution in [-0.4, -0.2) is 66.3 Å². The summed E-state index contributed by atoms with van der Waals surface area (Å²) in [4.78, 5) is 31.9. The van der Waals surface area contributed by atoms with E-state index in [1.807, 2.05) is 49.4 Å². The molecule has 1 fully saturated rings.